The monoisotopic (exact) mass is 279 g/mol. The number of likely N-dealkylation sites (N-methyl/N-ethyl adjacent to an activating group) is 1. The van der Waals surface area contributed by atoms with Gasteiger partial charge < -0.3 is 10.4 Å². The summed E-state index contributed by atoms with van der Waals surface area (Å²) in [7, 11) is 1.58. The Bertz CT molecular complexity index is 622. The lowest BCUT2D eigenvalue weighted by Crippen LogP contribution is -2.23. The average Bonchev–Trinajstić information content (AvgIpc) is 2.82. The number of nitrogens with zero attached hydrogens (tertiary/aromatic N) is 2. The third kappa shape index (κ3) is 2.88. The molecule has 0 aliphatic carbocycles. The first kappa shape index (κ1) is 13.4. The van der Waals surface area contributed by atoms with Crippen LogP contribution >= 0.6 is 11.6 Å². The van der Waals surface area contributed by atoms with Gasteiger partial charge in [0.2, 0.25) is 5.91 Å². The number of halogens is 1. The SMILES string of the molecule is CNC(=O)Cn1cc(-c2cc(Cl)c(O)cc2C)cn1. The molecule has 0 atom stereocenters. The number of hydrogen-bond acceptors (Lipinski definition) is 3. The highest BCUT2D eigenvalue weighted by Gasteiger charge is 2.10. The van der Waals surface area contributed by atoms with Crippen molar-refractivity contribution in [2.45, 2.75) is 13.5 Å². The van der Waals surface area contributed by atoms with E-state index >= 15 is 0 Å². The molecule has 1 aromatic carbocycles. The molecule has 0 unspecified atom stereocenters. The highest BCUT2D eigenvalue weighted by molar-refractivity contribution is 6.32. The Hall–Kier alpha value is -2.01. The van der Waals surface area contributed by atoms with Crippen LogP contribution in [0.4, 0.5) is 0 Å². The largest absolute Gasteiger partial charge is 0.506 e. The molecule has 19 heavy (non-hydrogen) atoms. The molecule has 5 nitrogen and oxygen atoms in total. The van der Waals surface area contributed by atoms with Crippen LogP contribution in [-0.2, 0) is 11.3 Å². The topological polar surface area (TPSA) is 67.2 Å². The fourth-order valence-corrected chi connectivity index (χ4v) is 1.96. The van der Waals surface area contributed by atoms with Gasteiger partial charge in [0.1, 0.15) is 12.3 Å². The number of phenolic OH excluding ortho intramolecular Hbond substituents is 1. The summed E-state index contributed by atoms with van der Waals surface area (Å²) in [6.07, 6.45) is 3.43. The molecule has 2 rings (SSSR count). The molecule has 1 aromatic heterocycles. The van der Waals surface area contributed by atoms with Gasteiger partial charge in [0.25, 0.3) is 0 Å². The molecule has 0 aliphatic rings. The maximum Gasteiger partial charge on any atom is 0.241 e. The molecule has 2 N–H and O–H groups in total. The summed E-state index contributed by atoms with van der Waals surface area (Å²) in [5.41, 5.74) is 2.62. The second kappa shape index (κ2) is 5.32. The van der Waals surface area contributed by atoms with Crippen LogP contribution in [0.2, 0.25) is 5.02 Å². The fraction of sp³-hybridized carbons (Fsp3) is 0.231. The van der Waals surface area contributed by atoms with E-state index in [0.29, 0.717) is 5.02 Å². The third-order valence-corrected chi connectivity index (χ3v) is 3.13. The number of aromatic nitrogens is 2. The lowest BCUT2D eigenvalue weighted by Gasteiger charge is -2.05. The number of amides is 1. The van der Waals surface area contributed by atoms with Crippen LogP contribution < -0.4 is 5.32 Å². The van der Waals surface area contributed by atoms with E-state index in [1.165, 1.54) is 0 Å². The zero-order chi connectivity index (χ0) is 14.0. The molecular formula is C13H14ClN3O2. The molecule has 1 amide bonds. The number of aromatic hydroxyl groups is 1. The molecule has 0 radical (unpaired) electrons. The Morgan fingerprint density at radius 2 is 2.26 bits per heavy atom. The van der Waals surface area contributed by atoms with Crippen molar-refractivity contribution in [1.29, 1.82) is 0 Å². The number of hydrogen-bond donors (Lipinski definition) is 2. The van der Waals surface area contributed by atoms with E-state index in [2.05, 4.69) is 10.4 Å². The first-order chi connectivity index (χ1) is 9.01. The smallest absolute Gasteiger partial charge is 0.241 e. The molecule has 0 saturated heterocycles. The Labute approximate surface area is 115 Å². The van der Waals surface area contributed by atoms with E-state index in [-0.39, 0.29) is 18.2 Å². The van der Waals surface area contributed by atoms with Gasteiger partial charge in [0.15, 0.2) is 0 Å². The zero-order valence-corrected chi connectivity index (χ0v) is 11.4. The molecule has 0 saturated carbocycles. The van der Waals surface area contributed by atoms with Gasteiger partial charge >= 0.3 is 0 Å². The number of carbonyl (C=O) groups is 1. The van der Waals surface area contributed by atoms with E-state index in [0.717, 1.165) is 16.7 Å². The van der Waals surface area contributed by atoms with Crippen molar-refractivity contribution in [2.75, 3.05) is 7.05 Å². The fourth-order valence-electron chi connectivity index (χ4n) is 1.79. The van der Waals surface area contributed by atoms with Gasteiger partial charge in [-0.2, -0.15) is 5.10 Å². The Kier molecular flexibility index (Phi) is 3.76. The van der Waals surface area contributed by atoms with Crippen LogP contribution in [0, 0.1) is 6.92 Å². The molecule has 2 aromatic rings. The van der Waals surface area contributed by atoms with Gasteiger partial charge in [-0.3, -0.25) is 9.48 Å². The van der Waals surface area contributed by atoms with Crippen LogP contribution in [0.3, 0.4) is 0 Å². The van der Waals surface area contributed by atoms with Crippen molar-refractivity contribution in [3.05, 3.63) is 35.1 Å². The predicted octanol–water partition coefficient (Wildman–Crippen LogP) is 1.96. The van der Waals surface area contributed by atoms with Gasteiger partial charge in [-0.05, 0) is 30.2 Å². The highest BCUT2D eigenvalue weighted by atomic mass is 35.5. The Morgan fingerprint density at radius 3 is 2.95 bits per heavy atom. The minimum absolute atomic E-state index is 0.0562. The van der Waals surface area contributed by atoms with E-state index in [4.69, 9.17) is 11.6 Å². The summed E-state index contributed by atoms with van der Waals surface area (Å²) >= 11 is 5.91. The summed E-state index contributed by atoms with van der Waals surface area (Å²) in [5, 5.41) is 16.5. The third-order valence-electron chi connectivity index (χ3n) is 2.82. The quantitative estimate of drug-likeness (QED) is 0.903. The van der Waals surface area contributed by atoms with Crippen LogP contribution in [0.1, 0.15) is 5.56 Å². The van der Waals surface area contributed by atoms with Gasteiger partial charge in [0.05, 0.1) is 11.2 Å². The number of carbonyl (C=O) groups excluding carboxylic acids is 1. The first-order valence-corrected chi connectivity index (χ1v) is 6.11. The van der Waals surface area contributed by atoms with E-state index in [1.807, 2.05) is 6.92 Å². The van der Waals surface area contributed by atoms with E-state index in [9.17, 15) is 9.90 Å². The summed E-state index contributed by atoms with van der Waals surface area (Å²) in [6.45, 7) is 2.04. The molecule has 6 heteroatoms. The van der Waals surface area contributed by atoms with E-state index < -0.39 is 0 Å². The number of rotatable bonds is 3. The standard InChI is InChI=1S/C13H14ClN3O2/c1-8-3-12(18)11(14)4-10(8)9-5-16-17(6-9)7-13(19)15-2/h3-6,18H,7H2,1-2H3,(H,15,19). The molecule has 100 valence electrons. The Balaban J connectivity index is 2.33. The predicted molar refractivity (Wildman–Crippen MR) is 73.1 cm³/mol. The van der Waals surface area contributed by atoms with Gasteiger partial charge in [-0.15, -0.1) is 0 Å². The summed E-state index contributed by atoms with van der Waals surface area (Å²) < 4.78 is 1.55. The number of benzene rings is 1. The Morgan fingerprint density at radius 1 is 1.53 bits per heavy atom. The summed E-state index contributed by atoms with van der Waals surface area (Å²) in [6, 6.07) is 3.29. The highest BCUT2D eigenvalue weighted by Crippen LogP contribution is 2.32. The molecule has 0 bridgehead atoms. The molecule has 1 heterocycles. The van der Waals surface area contributed by atoms with Crippen LogP contribution in [0.25, 0.3) is 11.1 Å². The normalized spacial score (nSPS) is 10.5. The maximum atomic E-state index is 11.3. The molecule has 0 fully saturated rings. The van der Waals surface area contributed by atoms with Gasteiger partial charge in [-0.1, -0.05) is 11.6 Å². The summed E-state index contributed by atoms with van der Waals surface area (Å²) in [5.74, 6) is -0.0595. The van der Waals surface area contributed by atoms with Gasteiger partial charge in [0, 0.05) is 18.8 Å². The number of aryl methyl sites for hydroxylation is 1. The van der Waals surface area contributed by atoms with Gasteiger partial charge in [-0.25, -0.2) is 0 Å². The summed E-state index contributed by atoms with van der Waals surface area (Å²) in [4.78, 5) is 11.3. The van der Waals surface area contributed by atoms with E-state index in [1.54, 1.807) is 36.3 Å². The van der Waals surface area contributed by atoms with Crippen LogP contribution in [0.5, 0.6) is 5.75 Å². The van der Waals surface area contributed by atoms with Crippen molar-refractivity contribution >= 4 is 17.5 Å². The van der Waals surface area contributed by atoms with Crippen LogP contribution in [0.15, 0.2) is 24.5 Å². The van der Waals surface area contributed by atoms with Crippen LogP contribution in [-0.4, -0.2) is 27.8 Å². The number of nitrogens with one attached hydrogen (secondary N) is 1. The van der Waals surface area contributed by atoms with Crippen molar-refractivity contribution in [2.24, 2.45) is 0 Å². The van der Waals surface area contributed by atoms with Crippen molar-refractivity contribution in [3.8, 4) is 16.9 Å². The second-order valence-electron chi connectivity index (χ2n) is 4.22. The minimum Gasteiger partial charge on any atom is -0.506 e. The minimum atomic E-state index is -0.116. The second-order valence-corrected chi connectivity index (χ2v) is 4.63. The maximum absolute atomic E-state index is 11.3. The molecule has 0 aliphatic heterocycles. The zero-order valence-electron chi connectivity index (χ0n) is 10.6. The van der Waals surface area contributed by atoms with Crippen molar-refractivity contribution in [1.82, 2.24) is 15.1 Å². The van der Waals surface area contributed by atoms with Crippen molar-refractivity contribution in [3.63, 3.8) is 0 Å². The molecule has 0 spiro atoms. The lowest BCUT2D eigenvalue weighted by atomic mass is 10.0. The molecular weight excluding hydrogens is 266 g/mol. The number of phenols is 1. The average molecular weight is 280 g/mol. The lowest BCUT2D eigenvalue weighted by molar-refractivity contribution is -0.121. The van der Waals surface area contributed by atoms with Crippen molar-refractivity contribution < 1.29 is 9.90 Å². The first-order valence-electron chi connectivity index (χ1n) is 5.73.